The third-order valence-corrected chi connectivity index (χ3v) is 3.97. The van der Waals surface area contributed by atoms with Crippen molar-refractivity contribution in [1.82, 2.24) is 29.7 Å². The molecule has 3 heterocycles. The van der Waals surface area contributed by atoms with Gasteiger partial charge in [0.15, 0.2) is 0 Å². The lowest BCUT2D eigenvalue weighted by Crippen LogP contribution is -2.18. The first-order valence-electron chi connectivity index (χ1n) is 9.17. The van der Waals surface area contributed by atoms with Gasteiger partial charge in [0.2, 0.25) is 5.91 Å². The van der Waals surface area contributed by atoms with Crippen molar-refractivity contribution in [3.8, 4) is 0 Å². The van der Waals surface area contributed by atoms with Gasteiger partial charge in [-0.05, 0) is 43.3 Å². The van der Waals surface area contributed by atoms with Gasteiger partial charge < -0.3 is 16.0 Å². The molecule has 10 nitrogen and oxygen atoms in total. The van der Waals surface area contributed by atoms with E-state index in [9.17, 15) is 4.79 Å². The van der Waals surface area contributed by atoms with Crippen LogP contribution in [0.3, 0.4) is 0 Å². The number of nitrogens with zero attached hydrogens (tertiary/aromatic N) is 6. The molecule has 150 valence electrons. The van der Waals surface area contributed by atoms with Crippen LogP contribution in [0.2, 0.25) is 0 Å². The van der Waals surface area contributed by atoms with Crippen LogP contribution in [0.5, 0.6) is 0 Å². The van der Waals surface area contributed by atoms with Crippen molar-refractivity contribution in [2.24, 2.45) is 0 Å². The molecule has 0 radical (unpaired) electrons. The van der Waals surface area contributed by atoms with E-state index in [0.717, 1.165) is 5.69 Å². The van der Waals surface area contributed by atoms with E-state index < -0.39 is 0 Å². The quantitative estimate of drug-likeness (QED) is 0.432. The summed E-state index contributed by atoms with van der Waals surface area (Å²) in [7, 11) is 0. The van der Waals surface area contributed by atoms with Crippen LogP contribution in [0.4, 0.5) is 28.8 Å². The maximum atomic E-state index is 12.0. The summed E-state index contributed by atoms with van der Waals surface area (Å²) in [5.41, 5.74) is 1.51. The van der Waals surface area contributed by atoms with Crippen molar-refractivity contribution in [3.63, 3.8) is 0 Å². The second-order valence-corrected chi connectivity index (χ2v) is 6.37. The summed E-state index contributed by atoms with van der Waals surface area (Å²) in [5, 5.41) is 13.1. The first kappa shape index (κ1) is 19.0. The van der Waals surface area contributed by atoms with Crippen molar-refractivity contribution in [1.29, 1.82) is 0 Å². The molecule has 3 aromatic heterocycles. The summed E-state index contributed by atoms with van der Waals surface area (Å²) in [5.74, 6) is 2.42. The highest BCUT2D eigenvalue weighted by molar-refractivity contribution is 5.90. The van der Waals surface area contributed by atoms with Crippen LogP contribution < -0.4 is 16.0 Å². The number of anilines is 5. The fraction of sp³-hybridized carbons (Fsp3) is 0.100. The van der Waals surface area contributed by atoms with Gasteiger partial charge in [-0.15, -0.1) is 0 Å². The molecular weight excluding hydrogens is 382 g/mol. The lowest BCUT2D eigenvalue weighted by molar-refractivity contribution is -0.116. The van der Waals surface area contributed by atoms with E-state index in [0.29, 0.717) is 29.0 Å². The fourth-order valence-electron chi connectivity index (χ4n) is 2.71. The number of hydrogen-bond acceptors (Lipinski definition) is 8. The lowest BCUT2D eigenvalue weighted by atomic mass is 10.2. The molecule has 0 spiro atoms. The first-order chi connectivity index (χ1) is 14.6. The molecule has 0 unspecified atom stereocenters. The molecule has 0 atom stereocenters. The zero-order chi connectivity index (χ0) is 20.8. The molecule has 0 fully saturated rings. The number of carbonyl (C=O) groups excluding carboxylic acids is 1. The largest absolute Gasteiger partial charge is 0.340 e. The van der Waals surface area contributed by atoms with E-state index in [1.165, 1.54) is 17.3 Å². The summed E-state index contributed by atoms with van der Waals surface area (Å²) < 4.78 is 1.46. The predicted molar refractivity (Wildman–Crippen MR) is 113 cm³/mol. The standard InChI is InChI=1S/C20H19N9O/c1-14-24-18(10-19(25-14)28-17-4-2-3-9-22-17)26-15-5-7-16(8-6-15)27-20(30)11-29-13-21-12-23-29/h2-10,12-13H,11H2,1H3,(H,27,30)(H2,22,24,25,26,28). The maximum absolute atomic E-state index is 12.0. The highest BCUT2D eigenvalue weighted by Gasteiger charge is 2.06. The van der Waals surface area contributed by atoms with E-state index in [1.54, 1.807) is 12.3 Å². The lowest BCUT2D eigenvalue weighted by Gasteiger charge is -2.11. The molecule has 0 aliphatic heterocycles. The van der Waals surface area contributed by atoms with Crippen molar-refractivity contribution in [3.05, 3.63) is 73.2 Å². The number of rotatable bonds is 7. The van der Waals surface area contributed by atoms with Gasteiger partial charge in [0.1, 0.15) is 42.5 Å². The molecule has 0 saturated carbocycles. The highest BCUT2D eigenvalue weighted by atomic mass is 16.2. The van der Waals surface area contributed by atoms with Crippen molar-refractivity contribution in [2.75, 3.05) is 16.0 Å². The van der Waals surface area contributed by atoms with Gasteiger partial charge in [-0.1, -0.05) is 6.07 Å². The average Bonchev–Trinajstić information content (AvgIpc) is 3.23. The van der Waals surface area contributed by atoms with Crippen LogP contribution in [-0.2, 0) is 11.3 Å². The summed E-state index contributed by atoms with van der Waals surface area (Å²) in [6, 6.07) is 14.7. The number of carbonyl (C=O) groups is 1. The Hall–Kier alpha value is -4.34. The molecule has 0 bridgehead atoms. The first-order valence-corrected chi connectivity index (χ1v) is 9.17. The van der Waals surface area contributed by atoms with Crippen LogP contribution in [0.15, 0.2) is 67.4 Å². The van der Waals surface area contributed by atoms with E-state index in [-0.39, 0.29) is 12.5 Å². The normalized spacial score (nSPS) is 10.4. The van der Waals surface area contributed by atoms with E-state index in [2.05, 4.69) is 41.0 Å². The molecule has 1 amide bonds. The van der Waals surface area contributed by atoms with Crippen LogP contribution in [-0.4, -0.2) is 35.6 Å². The van der Waals surface area contributed by atoms with Gasteiger partial charge in [-0.3, -0.25) is 4.79 Å². The summed E-state index contributed by atoms with van der Waals surface area (Å²) in [6.07, 6.45) is 4.59. The topological polar surface area (TPSA) is 123 Å². The number of amides is 1. The second kappa shape index (κ2) is 8.78. The van der Waals surface area contributed by atoms with Crippen molar-refractivity contribution < 1.29 is 4.79 Å². The van der Waals surface area contributed by atoms with Crippen LogP contribution in [0, 0.1) is 6.92 Å². The molecule has 3 N–H and O–H groups in total. The Balaban J connectivity index is 1.40. The highest BCUT2D eigenvalue weighted by Crippen LogP contribution is 2.21. The molecule has 30 heavy (non-hydrogen) atoms. The van der Waals surface area contributed by atoms with Gasteiger partial charge in [0.25, 0.3) is 0 Å². The number of aromatic nitrogens is 6. The molecule has 1 aromatic carbocycles. The summed E-state index contributed by atoms with van der Waals surface area (Å²) >= 11 is 0. The second-order valence-electron chi connectivity index (χ2n) is 6.37. The number of nitrogens with one attached hydrogen (secondary N) is 3. The van der Waals surface area contributed by atoms with Crippen molar-refractivity contribution in [2.45, 2.75) is 13.5 Å². The number of benzene rings is 1. The van der Waals surface area contributed by atoms with Crippen LogP contribution in [0.25, 0.3) is 0 Å². The minimum Gasteiger partial charge on any atom is -0.340 e. The smallest absolute Gasteiger partial charge is 0.246 e. The van der Waals surface area contributed by atoms with Gasteiger partial charge in [0, 0.05) is 23.6 Å². The Kier molecular flexibility index (Phi) is 5.56. The third kappa shape index (κ3) is 5.13. The van der Waals surface area contributed by atoms with Gasteiger partial charge in [0.05, 0.1) is 0 Å². The minimum absolute atomic E-state index is 0.103. The average molecular weight is 401 g/mol. The number of pyridine rings is 1. The van der Waals surface area contributed by atoms with Crippen LogP contribution >= 0.6 is 0 Å². The van der Waals surface area contributed by atoms with Gasteiger partial charge in [-0.2, -0.15) is 5.10 Å². The van der Waals surface area contributed by atoms with Gasteiger partial charge >= 0.3 is 0 Å². The van der Waals surface area contributed by atoms with Gasteiger partial charge in [-0.25, -0.2) is 24.6 Å². The molecule has 10 heteroatoms. The van der Waals surface area contributed by atoms with E-state index in [1.807, 2.05) is 49.4 Å². The summed E-state index contributed by atoms with van der Waals surface area (Å²) in [4.78, 5) is 28.9. The SMILES string of the molecule is Cc1nc(Nc2ccc(NC(=O)Cn3cncn3)cc2)cc(Nc2ccccn2)n1. The molecule has 4 aromatic rings. The van der Waals surface area contributed by atoms with Crippen molar-refractivity contribution >= 4 is 34.7 Å². The Morgan fingerprint density at radius 2 is 1.73 bits per heavy atom. The Bertz CT molecular complexity index is 1110. The summed E-state index contributed by atoms with van der Waals surface area (Å²) in [6.45, 7) is 1.93. The molecular formula is C20H19N9O. The fourth-order valence-corrected chi connectivity index (χ4v) is 2.71. The minimum atomic E-state index is -0.183. The maximum Gasteiger partial charge on any atom is 0.246 e. The monoisotopic (exact) mass is 401 g/mol. The molecule has 0 saturated heterocycles. The molecule has 0 aliphatic rings. The van der Waals surface area contributed by atoms with E-state index in [4.69, 9.17) is 0 Å². The Labute approximate surface area is 172 Å². The molecule has 0 aliphatic carbocycles. The zero-order valence-electron chi connectivity index (χ0n) is 16.1. The number of hydrogen-bond donors (Lipinski definition) is 3. The number of aryl methyl sites for hydroxylation is 1. The Morgan fingerprint density at radius 3 is 2.43 bits per heavy atom. The predicted octanol–water partition coefficient (Wildman–Crippen LogP) is 2.90. The molecule has 4 rings (SSSR count). The van der Waals surface area contributed by atoms with E-state index >= 15 is 0 Å². The zero-order valence-corrected chi connectivity index (χ0v) is 16.1. The Morgan fingerprint density at radius 1 is 0.967 bits per heavy atom. The third-order valence-electron chi connectivity index (χ3n) is 3.97. The van der Waals surface area contributed by atoms with Crippen LogP contribution in [0.1, 0.15) is 5.82 Å².